The van der Waals surface area contributed by atoms with Crippen LogP contribution in [0.2, 0.25) is 0 Å². The lowest BCUT2D eigenvalue weighted by Crippen LogP contribution is -2.03. The quantitative estimate of drug-likeness (QED) is 0.471. The summed E-state index contributed by atoms with van der Waals surface area (Å²) >= 11 is 4.01. The van der Waals surface area contributed by atoms with E-state index in [1.165, 1.54) is 0 Å². The number of thiol groups is 1. The van der Waals surface area contributed by atoms with E-state index in [0.717, 1.165) is 12.5 Å². The van der Waals surface area contributed by atoms with Gasteiger partial charge in [-0.2, -0.15) is 0 Å². The van der Waals surface area contributed by atoms with Gasteiger partial charge in [0.1, 0.15) is 0 Å². The van der Waals surface area contributed by atoms with Crippen LogP contribution in [0.1, 0.15) is 29.3 Å². The number of carboxylic acid groups (broad SMARTS) is 1. The van der Waals surface area contributed by atoms with Crippen molar-refractivity contribution in [3.8, 4) is 11.5 Å². The van der Waals surface area contributed by atoms with Crippen LogP contribution in [-0.4, -0.2) is 21.3 Å². The Morgan fingerprint density at radius 1 is 1.47 bits per heavy atom. The number of hydrogen-bond acceptors (Lipinski definition) is 4. The fourth-order valence-electron chi connectivity index (χ4n) is 1.38. The molecule has 4 nitrogen and oxygen atoms in total. The van der Waals surface area contributed by atoms with Gasteiger partial charge in [0.25, 0.3) is 0 Å². The molecular weight excluding hydrogens is 216 g/mol. The summed E-state index contributed by atoms with van der Waals surface area (Å²) in [6, 6.07) is 1.04. The fourth-order valence-corrected chi connectivity index (χ4v) is 1.72. The highest BCUT2D eigenvalue weighted by Crippen LogP contribution is 2.37. The first-order valence-corrected chi connectivity index (χ1v) is 4.93. The molecule has 0 saturated heterocycles. The van der Waals surface area contributed by atoms with Gasteiger partial charge in [-0.25, -0.2) is 4.79 Å². The Bertz CT molecular complexity index is 401. The summed E-state index contributed by atoms with van der Waals surface area (Å²) in [6.45, 7) is 1.89. The molecule has 0 amide bonds. The lowest BCUT2D eigenvalue weighted by Gasteiger charge is -2.11. The maximum absolute atomic E-state index is 10.9. The van der Waals surface area contributed by atoms with Crippen molar-refractivity contribution >= 4 is 18.6 Å². The van der Waals surface area contributed by atoms with Crippen LogP contribution in [0.5, 0.6) is 11.5 Å². The first-order chi connectivity index (χ1) is 6.99. The van der Waals surface area contributed by atoms with E-state index in [-0.39, 0.29) is 16.2 Å². The normalized spacial score (nSPS) is 10.3. The van der Waals surface area contributed by atoms with Crippen molar-refractivity contribution in [2.45, 2.75) is 24.7 Å². The number of phenols is 2. The first kappa shape index (κ1) is 11.7. The molecule has 0 saturated carbocycles. The Labute approximate surface area is 92.6 Å². The third-order valence-electron chi connectivity index (χ3n) is 2.09. The van der Waals surface area contributed by atoms with Gasteiger partial charge in [0.05, 0.1) is 10.5 Å². The number of carboxylic acids is 1. The molecule has 0 radical (unpaired) electrons. The zero-order valence-electron chi connectivity index (χ0n) is 8.19. The molecule has 1 aromatic rings. The van der Waals surface area contributed by atoms with Crippen LogP contribution in [0.15, 0.2) is 11.0 Å². The van der Waals surface area contributed by atoms with Crippen molar-refractivity contribution in [1.29, 1.82) is 0 Å². The molecule has 15 heavy (non-hydrogen) atoms. The second-order valence-electron chi connectivity index (χ2n) is 3.17. The molecule has 1 rings (SSSR count). The predicted octanol–water partition coefficient (Wildman–Crippen LogP) is 2.04. The average molecular weight is 228 g/mol. The summed E-state index contributed by atoms with van der Waals surface area (Å²) in [5, 5.41) is 27.6. The zero-order chi connectivity index (χ0) is 11.6. The fraction of sp³-hybridized carbons (Fsp3) is 0.300. The number of rotatable bonds is 3. The third kappa shape index (κ3) is 2.18. The molecule has 0 aliphatic carbocycles. The van der Waals surface area contributed by atoms with Crippen molar-refractivity contribution in [2.75, 3.05) is 0 Å². The average Bonchev–Trinajstić information content (AvgIpc) is 2.18. The summed E-state index contributed by atoms with van der Waals surface area (Å²) in [4.78, 5) is 11.0. The van der Waals surface area contributed by atoms with E-state index in [2.05, 4.69) is 12.6 Å². The minimum absolute atomic E-state index is 0.0165. The largest absolute Gasteiger partial charge is 0.504 e. The van der Waals surface area contributed by atoms with Crippen LogP contribution in [0, 0.1) is 0 Å². The number of aromatic carboxylic acids is 1. The Kier molecular flexibility index (Phi) is 3.47. The van der Waals surface area contributed by atoms with Gasteiger partial charge in [0.2, 0.25) is 0 Å². The maximum atomic E-state index is 10.9. The topological polar surface area (TPSA) is 77.8 Å². The molecule has 0 bridgehead atoms. The van der Waals surface area contributed by atoms with Gasteiger partial charge < -0.3 is 15.3 Å². The number of aromatic hydroxyl groups is 2. The van der Waals surface area contributed by atoms with E-state index in [0.29, 0.717) is 12.0 Å². The third-order valence-corrected chi connectivity index (χ3v) is 2.57. The summed E-state index contributed by atoms with van der Waals surface area (Å²) < 4.78 is 0. The molecule has 3 N–H and O–H groups in total. The van der Waals surface area contributed by atoms with Gasteiger partial charge in [0.15, 0.2) is 11.5 Å². The first-order valence-electron chi connectivity index (χ1n) is 4.49. The molecule has 5 heteroatoms. The highest BCUT2D eigenvalue weighted by molar-refractivity contribution is 7.80. The number of benzene rings is 1. The van der Waals surface area contributed by atoms with E-state index in [4.69, 9.17) is 5.11 Å². The molecule has 0 atom stereocenters. The minimum Gasteiger partial charge on any atom is -0.504 e. The summed E-state index contributed by atoms with van der Waals surface area (Å²) in [5.41, 5.74) is 0.431. The second kappa shape index (κ2) is 4.44. The minimum atomic E-state index is -1.14. The van der Waals surface area contributed by atoms with E-state index >= 15 is 0 Å². The van der Waals surface area contributed by atoms with Crippen LogP contribution in [0.3, 0.4) is 0 Å². The van der Waals surface area contributed by atoms with E-state index in [9.17, 15) is 15.0 Å². The standard InChI is InChI=1S/C10H12O4S/c1-2-3-5-6(10(13)14)4-7(11)8(12)9(5)15/h4,11-12,15H,2-3H2,1H3,(H,13,14). The number of carbonyl (C=O) groups is 1. The van der Waals surface area contributed by atoms with Gasteiger partial charge in [-0.05, 0) is 18.1 Å². The molecular formula is C10H12O4S. The van der Waals surface area contributed by atoms with Crippen LogP contribution in [0.4, 0.5) is 0 Å². The van der Waals surface area contributed by atoms with Gasteiger partial charge in [0, 0.05) is 0 Å². The van der Waals surface area contributed by atoms with Crippen molar-refractivity contribution in [1.82, 2.24) is 0 Å². The van der Waals surface area contributed by atoms with Gasteiger partial charge in [-0.3, -0.25) is 0 Å². The SMILES string of the molecule is CCCc1c(C(=O)O)cc(O)c(O)c1S. The Morgan fingerprint density at radius 2 is 2.07 bits per heavy atom. The molecule has 0 unspecified atom stereocenters. The molecule has 0 heterocycles. The van der Waals surface area contributed by atoms with Crippen molar-refractivity contribution < 1.29 is 20.1 Å². The molecule has 0 aliphatic heterocycles. The molecule has 0 aliphatic rings. The monoisotopic (exact) mass is 228 g/mol. The molecule has 0 spiro atoms. The lowest BCUT2D eigenvalue weighted by atomic mass is 10.0. The predicted molar refractivity (Wildman–Crippen MR) is 58.0 cm³/mol. The van der Waals surface area contributed by atoms with Crippen molar-refractivity contribution in [3.05, 3.63) is 17.2 Å². The number of hydrogen-bond donors (Lipinski definition) is 4. The smallest absolute Gasteiger partial charge is 0.336 e. The van der Waals surface area contributed by atoms with Crippen LogP contribution < -0.4 is 0 Å². The molecule has 0 aromatic heterocycles. The Morgan fingerprint density at radius 3 is 2.53 bits per heavy atom. The molecule has 1 aromatic carbocycles. The van der Waals surface area contributed by atoms with Crippen molar-refractivity contribution in [2.24, 2.45) is 0 Å². The zero-order valence-corrected chi connectivity index (χ0v) is 9.08. The second-order valence-corrected chi connectivity index (χ2v) is 3.62. The summed E-state index contributed by atoms with van der Waals surface area (Å²) in [5.74, 6) is -1.96. The lowest BCUT2D eigenvalue weighted by molar-refractivity contribution is 0.0694. The van der Waals surface area contributed by atoms with Crippen LogP contribution >= 0.6 is 12.6 Å². The van der Waals surface area contributed by atoms with E-state index in [1.54, 1.807) is 0 Å². The summed E-state index contributed by atoms with van der Waals surface area (Å²) in [6.07, 6.45) is 1.23. The van der Waals surface area contributed by atoms with E-state index < -0.39 is 11.7 Å². The van der Waals surface area contributed by atoms with Gasteiger partial charge in [-0.15, -0.1) is 12.6 Å². The van der Waals surface area contributed by atoms with Gasteiger partial charge >= 0.3 is 5.97 Å². The van der Waals surface area contributed by atoms with Crippen LogP contribution in [-0.2, 0) is 6.42 Å². The molecule has 0 fully saturated rings. The summed E-state index contributed by atoms with van der Waals surface area (Å²) in [7, 11) is 0. The van der Waals surface area contributed by atoms with Gasteiger partial charge in [-0.1, -0.05) is 13.3 Å². The highest BCUT2D eigenvalue weighted by atomic mass is 32.1. The van der Waals surface area contributed by atoms with Crippen LogP contribution in [0.25, 0.3) is 0 Å². The molecule has 82 valence electrons. The van der Waals surface area contributed by atoms with Crippen molar-refractivity contribution in [3.63, 3.8) is 0 Å². The maximum Gasteiger partial charge on any atom is 0.336 e. The Hall–Kier alpha value is -1.36. The number of phenolic OH excluding ortho intramolecular Hbond substituents is 2. The highest BCUT2D eigenvalue weighted by Gasteiger charge is 2.18. The Balaban J connectivity index is 3.43. The van der Waals surface area contributed by atoms with E-state index in [1.807, 2.05) is 6.92 Å².